The standard InChI is InChI=1S/C15H31N/c1-6-7-13-8-10-14(11-9-13)16-12(2)15(3,4)5/h12-14,16H,6-11H2,1-5H3. The van der Waals surface area contributed by atoms with Crippen molar-refractivity contribution in [1.29, 1.82) is 0 Å². The summed E-state index contributed by atoms with van der Waals surface area (Å²) in [6.07, 6.45) is 8.49. The van der Waals surface area contributed by atoms with Crippen LogP contribution in [0.5, 0.6) is 0 Å². The molecule has 1 N–H and O–H groups in total. The summed E-state index contributed by atoms with van der Waals surface area (Å²) in [4.78, 5) is 0. The molecule has 0 radical (unpaired) electrons. The Balaban J connectivity index is 2.27. The zero-order valence-corrected chi connectivity index (χ0v) is 12.0. The van der Waals surface area contributed by atoms with Crippen LogP contribution in [-0.2, 0) is 0 Å². The van der Waals surface area contributed by atoms with E-state index < -0.39 is 0 Å². The van der Waals surface area contributed by atoms with E-state index in [0.29, 0.717) is 11.5 Å². The maximum Gasteiger partial charge on any atom is 0.00898 e. The normalized spacial score (nSPS) is 29.1. The molecule has 1 fully saturated rings. The monoisotopic (exact) mass is 225 g/mol. The maximum absolute atomic E-state index is 3.82. The highest BCUT2D eigenvalue weighted by molar-refractivity contribution is 4.83. The summed E-state index contributed by atoms with van der Waals surface area (Å²) in [5.74, 6) is 1.02. The van der Waals surface area contributed by atoms with Gasteiger partial charge in [0.25, 0.3) is 0 Å². The van der Waals surface area contributed by atoms with Crippen LogP contribution in [-0.4, -0.2) is 12.1 Å². The Morgan fingerprint density at radius 3 is 2.12 bits per heavy atom. The van der Waals surface area contributed by atoms with Crippen molar-refractivity contribution in [2.75, 3.05) is 0 Å². The van der Waals surface area contributed by atoms with Gasteiger partial charge in [-0.15, -0.1) is 0 Å². The Bertz CT molecular complexity index is 184. The van der Waals surface area contributed by atoms with Crippen LogP contribution in [0.2, 0.25) is 0 Å². The van der Waals surface area contributed by atoms with Gasteiger partial charge in [-0.25, -0.2) is 0 Å². The minimum atomic E-state index is 0.389. The minimum Gasteiger partial charge on any atom is -0.311 e. The summed E-state index contributed by atoms with van der Waals surface area (Å²) in [6, 6.07) is 1.41. The van der Waals surface area contributed by atoms with Crippen molar-refractivity contribution in [3.8, 4) is 0 Å². The Labute approximate surface area is 102 Å². The lowest BCUT2D eigenvalue weighted by Crippen LogP contribution is -2.45. The molecule has 1 heteroatoms. The molecule has 1 rings (SSSR count). The van der Waals surface area contributed by atoms with Gasteiger partial charge in [0, 0.05) is 12.1 Å². The fourth-order valence-corrected chi connectivity index (χ4v) is 2.63. The fourth-order valence-electron chi connectivity index (χ4n) is 2.63. The highest BCUT2D eigenvalue weighted by Gasteiger charge is 2.25. The Kier molecular flexibility index (Phi) is 5.30. The molecule has 0 spiro atoms. The van der Waals surface area contributed by atoms with E-state index in [4.69, 9.17) is 0 Å². The molecule has 1 nitrogen and oxygen atoms in total. The molecule has 1 atom stereocenters. The second-order valence-corrected chi connectivity index (χ2v) is 6.76. The van der Waals surface area contributed by atoms with Crippen molar-refractivity contribution < 1.29 is 0 Å². The number of hydrogen-bond donors (Lipinski definition) is 1. The first-order valence-corrected chi connectivity index (χ1v) is 7.19. The van der Waals surface area contributed by atoms with Crippen LogP contribution in [0, 0.1) is 11.3 Å². The van der Waals surface area contributed by atoms with E-state index >= 15 is 0 Å². The average Bonchev–Trinajstić information content (AvgIpc) is 2.20. The Morgan fingerprint density at radius 2 is 1.69 bits per heavy atom. The molecular weight excluding hydrogens is 194 g/mol. The third-order valence-electron chi connectivity index (χ3n) is 4.33. The maximum atomic E-state index is 3.82. The summed E-state index contributed by atoms with van der Waals surface area (Å²) >= 11 is 0. The number of hydrogen-bond acceptors (Lipinski definition) is 1. The van der Waals surface area contributed by atoms with Crippen LogP contribution in [0.1, 0.15) is 73.1 Å². The van der Waals surface area contributed by atoms with Crippen LogP contribution in [0.3, 0.4) is 0 Å². The second-order valence-electron chi connectivity index (χ2n) is 6.76. The molecule has 0 bridgehead atoms. The summed E-state index contributed by atoms with van der Waals surface area (Å²) < 4.78 is 0. The van der Waals surface area contributed by atoms with E-state index in [9.17, 15) is 0 Å². The van der Waals surface area contributed by atoms with Gasteiger partial charge >= 0.3 is 0 Å². The van der Waals surface area contributed by atoms with Crippen LogP contribution in [0.25, 0.3) is 0 Å². The average molecular weight is 225 g/mol. The highest BCUT2D eigenvalue weighted by atomic mass is 15.0. The van der Waals surface area contributed by atoms with E-state index in [1.54, 1.807) is 0 Å². The molecule has 0 saturated heterocycles. The first-order chi connectivity index (χ1) is 7.43. The Hall–Kier alpha value is -0.0400. The van der Waals surface area contributed by atoms with E-state index in [0.717, 1.165) is 12.0 Å². The van der Waals surface area contributed by atoms with Gasteiger partial charge in [0.05, 0.1) is 0 Å². The molecule has 1 aliphatic rings. The van der Waals surface area contributed by atoms with Gasteiger partial charge < -0.3 is 5.32 Å². The van der Waals surface area contributed by atoms with Gasteiger partial charge in [-0.1, -0.05) is 40.5 Å². The molecule has 0 aromatic rings. The van der Waals surface area contributed by atoms with Crippen molar-refractivity contribution in [2.45, 2.75) is 85.2 Å². The lowest BCUT2D eigenvalue weighted by molar-refractivity contribution is 0.213. The smallest absolute Gasteiger partial charge is 0.00898 e. The molecule has 0 heterocycles. The zero-order valence-electron chi connectivity index (χ0n) is 12.0. The summed E-state index contributed by atoms with van der Waals surface area (Å²) in [7, 11) is 0. The predicted molar refractivity (Wildman–Crippen MR) is 72.7 cm³/mol. The number of nitrogens with one attached hydrogen (secondary N) is 1. The molecular formula is C15H31N. The van der Waals surface area contributed by atoms with Gasteiger partial charge in [0.15, 0.2) is 0 Å². The van der Waals surface area contributed by atoms with Crippen LogP contribution in [0.15, 0.2) is 0 Å². The van der Waals surface area contributed by atoms with Gasteiger partial charge in [-0.3, -0.25) is 0 Å². The SMILES string of the molecule is CCCC1CCC(NC(C)C(C)(C)C)CC1. The van der Waals surface area contributed by atoms with E-state index in [2.05, 4.69) is 39.9 Å². The van der Waals surface area contributed by atoms with Gasteiger partial charge in [0.2, 0.25) is 0 Å². The van der Waals surface area contributed by atoms with Crippen molar-refractivity contribution in [2.24, 2.45) is 11.3 Å². The summed E-state index contributed by atoms with van der Waals surface area (Å²) in [5, 5.41) is 3.82. The molecule has 1 aliphatic carbocycles. The van der Waals surface area contributed by atoms with Gasteiger partial charge in [0.1, 0.15) is 0 Å². The Morgan fingerprint density at radius 1 is 1.12 bits per heavy atom. The minimum absolute atomic E-state index is 0.389. The quantitative estimate of drug-likeness (QED) is 0.749. The zero-order chi connectivity index (χ0) is 12.2. The molecule has 96 valence electrons. The molecule has 16 heavy (non-hydrogen) atoms. The molecule has 0 aliphatic heterocycles. The first-order valence-electron chi connectivity index (χ1n) is 7.19. The lowest BCUT2D eigenvalue weighted by Gasteiger charge is -2.36. The third-order valence-corrected chi connectivity index (χ3v) is 4.33. The van der Waals surface area contributed by atoms with Crippen molar-refractivity contribution in [3.05, 3.63) is 0 Å². The second kappa shape index (κ2) is 6.05. The summed E-state index contributed by atoms with van der Waals surface area (Å²) in [5.41, 5.74) is 0.389. The fraction of sp³-hybridized carbons (Fsp3) is 1.00. The van der Waals surface area contributed by atoms with Crippen molar-refractivity contribution >= 4 is 0 Å². The van der Waals surface area contributed by atoms with Crippen molar-refractivity contribution in [3.63, 3.8) is 0 Å². The molecule has 1 unspecified atom stereocenters. The molecule has 0 aromatic heterocycles. The largest absolute Gasteiger partial charge is 0.311 e. The lowest BCUT2D eigenvalue weighted by atomic mass is 9.81. The first kappa shape index (κ1) is 14.0. The van der Waals surface area contributed by atoms with E-state index in [-0.39, 0.29) is 0 Å². The van der Waals surface area contributed by atoms with Gasteiger partial charge in [-0.2, -0.15) is 0 Å². The molecule has 0 amide bonds. The topological polar surface area (TPSA) is 12.0 Å². The molecule has 1 saturated carbocycles. The van der Waals surface area contributed by atoms with Crippen LogP contribution >= 0.6 is 0 Å². The summed E-state index contributed by atoms with van der Waals surface area (Å²) in [6.45, 7) is 11.6. The predicted octanol–water partition coefficient (Wildman–Crippen LogP) is 4.37. The van der Waals surface area contributed by atoms with Crippen LogP contribution in [0.4, 0.5) is 0 Å². The third kappa shape index (κ3) is 4.45. The molecule has 0 aromatic carbocycles. The van der Waals surface area contributed by atoms with Crippen LogP contribution < -0.4 is 5.32 Å². The van der Waals surface area contributed by atoms with Gasteiger partial charge in [-0.05, 0) is 43.9 Å². The van der Waals surface area contributed by atoms with E-state index in [1.165, 1.54) is 38.5 Å². The number of rotatable bonds is 4. The van der Waals surface area contributed by atoms with Crippen molar-refractivity contribution in [1.82, 2.24) is 5.32 Å². The van der Waals surface area contributed by atoms with E-state index in [1.807, 2.05) is 0 Å². The highest BCUT2D eigenvalue weighted by Crippen LogP contribution is 2.29.